The molecule has 0 radical (unpaired) electrons. The van der Waals surface area contributed by atoms with Gasteiger partial charge in [0.15, 0.2) is 6.10 Å². The van der Waals surface area contributed by atoms with Crippen LogP contribution in [0.5, 0.6) is 0 Å². The van der Waals surface area contributed by atoms with Crippen molar-refractivity contribution in [2.45, 2.75) is 36.5 Å². The zero-order valence-electron chi connectivity index (χ0n) is 11.9. The third kappa shape index (κ3) is 2.20. The van der Waals surface area contributed by atoms with Crippen LogP contribution in [0.3, 0.4) is 0 Å². The van der Waals surface area contributed by atoms with Crippen LogP contribution in [0, 0.1) is 0 Å². The highest BCUT2D eigenvalue weighted by Gasteiger charge is 2.53. The van der Waals surface area contributed by atoms with Gasteiger partial charge < -0.3 is 20.3 Å². The minimum atomic E-state index is -1.18. The lowest BCUT2D eigenvalue weighted by Gasteiger charge is -2.48. The van der Waals surface area contributed by atoms with Crippen molar-refractivity contribution in [1.29, 1.82) is 0 Å². The molecule has 8 nitrogen and oxygen atoms in total. The Morgan fingerprint density at radius 1 is 1.45 bits per heavy atom. The van der Waals surface area contributed by atoms with Crippen molar-refractivity contribution >= 4 is 29.6 Å². The highest BCUT2D eigenvalue weighted by atomic mass is 32.2. The average Bonchev–Trinajstić information content (AvgIpc) is 3.01. The van der Waals surface area contributed by atoms with Gasteiger partial charge in [-0.1, -0.05) is 0 Å². The van der Waals surface area contributed by atoms with Crippen molar-refractivity contribution in [2.24, 2.45) is 5.73 Å². The third-order valence-electron chi connectivity index (χ3n) is 4.11. The second-order valence-electron chi connectivity index (χ2n) is 5.33. The van der Waals surface area contributed by atoms with Gasteiger partial charge in [0.1, 0.15) is 17.1 Å². The van der Waals surface area contributed by atoms with Crippen molar-refractivity contribution < 1.29 is 29.0 Å². The van der Waals surface area contributed by atoms with E-state index in [1.54, 1.807) is 0 Å². The Kier molecular flexibility index (Phi) is 3.87. The van der Waals surface area contributed by atoms with Crippen LogP contribution in [0.1, 0.15) is 12.8 Å². The maximum absolute atomic E-state index is 11.9. The summed E-state index contributed by atoms with van der Waals surface area (Å²) < 4.78 is 10.3. The van der Waals surface area contributed by atoms with Crippen LogP contribution in [0.4, 0.5) is 0 Å². The first kappa shape index (κ1) is 15.3. The molecule has 0 aromatic carbocycles. The first-order chi connectivity index (χ1) is 10.5. The van der Waals surface area contributed by atoms with Crippen molar-refractivity contribution in [1.82, 2.24) is 4.90 Å². The molecular weight excluding hydrogens is 312 g/mol. The molecule has 3 aliphatic rings. The first-order valence-corrected chi connectivity index (χ1v) is 7.90. The van der Waals surface area contributed by atoms with Crippen LogP contribution in [0.25, 0.3) is 0 Å². The fraction of sp³-hybridized carbons (Fsp3) is 0.615. The minimum Gasteiger partial charge on any atom is -0.477 e. The van der Waals surface area contributed by atoms with Gasteiger partial charge in [-0.05, 0) is 18.4 Å². The van der Waals surface area contributed by atoms with Gasteiger partial charge in [0.25, 0.3) is 0 Å². The topological polar surface area (TPSA) is 119 Å². The van der Waals surface area contributed by atoms with E-state index in [1.807, 2.05) is 0 Å². The Morgan fingerprint density at radius 3 is 2.82 bits per heavy atom. The number of thioether (sulfide) groups is 1. The van der Waals surface area contributed by atoms with Gasteiger partial charge in [-0.25, -0.2) is 9.59 Å². The number of esters is 1. The van der Waals surface area contributed by atoms with E-state index in [9.17, 15) is 19.5 Å². The van der Waals surface area contributed by atoms with E-state index in [0.717, 1.165) is 0 Å². The molecule has 0 saturated carbocycles. The lowest BCUT2D eigenvalue weighted by Crippen LogP contribution is -2.68. The molecule has 0 aliphatic carbocycles. The molecule has 9 heteroatoms. The Labute approximate surface area is 130 Å². The van der Waals surface area contributed by atoms with Gasteiger partial charge in [0.2, 0.25) is 5.91 Å². The number of hydrogen-bond acceptors (Lipinski definition) is 7. The lowest BCUT2D eigenvalue weighted by molar-refractivity contribution is -0.152. The molecule has 2 saturated heterocycles. The van der Waals surface area contributed by atoms with Crippen molar-refractivity contribution in [2.75, 3.05) is 12.9 Å². The Bertz CT molecular complexity index is 577. The number of β-lactam (4-membered cyclic amide) rings is 1. The molecule has 22 heavy (non-hydrogen) atoms. The summed E-state index contributed by atoms with van der Waals surface area (Å²) in [6.45, 7) is 0. The van der Waals surface area contributed by atoms with Crippen LogP contribution >= 0.6 is 11.8 Å². The number of hydrogen-bond donors (Lipinski definition) is 2. The van der Waals surface area contributed by atoms with Gasteiger partial charge >= 0.3 is 11.9 Å². The number of methoxy groups -OCH3 is 1. The van der Waals surface area contributed by atoms with E-state index in [0.29, 0.717) is 24.2 Å². The number of amides is 1. The van der Waals surface area contributed by atoms with Crippen LogP contribution in [0.2, 0.25) is 0 Å². The molecular formula is C13H16N2O6S. The van der Waals surface area contributed by atoms with Gasteiger partial charge in [0, 0.05) is 5.75 Å². The highest BCUT2D eigenvalue weighted by molar-refractivity contribution is 8.00. The third-order valence-corrected chi connectivity index (χ3v) is 5.44. The predicted octanol–water partition coefficient (Wildman–Crippen LogP) is -0.712. The maximum Gasteiger partial charge on any atom is 0.352 e. The highest BCUT2D eigenvalue weighted by Crippen LogP contribution is 2.42. The molecule has 0 bridgehead atoms. The number of nitrogens with two attached hydrogens (primary N) is 1. The molecule has 0 aromatic heterocycles. The van der Waals surface area contributed by atoms with Crippen LogP contribution in [0.15, 0.2) is 11.3 Å². The largest absolute Gasteiger partial charge is 0.477 e. The van der Waals surface area contributed by atoms with E-state index < -0.39 is 36.1 Å². The van der Waals surface area contributed by atoms with Crippen LogP contribution in [-0.2, 0) is 23.9 Å². The van der Waals surface area contributed by atoms with Crippen molar-refractivity contribution in [3.05, 3.63) is 11.3 Å². The monoisotopic (exact) mass is 328 g/mol. The standard InChI is InChI=1S/C13H16N2O6S/c1-20-13(19)7-3-2-6(21-7)5-4-22-11-8(14)10(16)15(11)9(5)12(17)18/h6-8,11H,2-4,14H2,1H3,(H,17,18)/t6-,7+,8+,11+/m0/s1. The molecule has 3 heterocycles. The van der Waals surface area contributed by atoms with Crippen LogP contribution < -0.4 is 5.73 Å². The quantitative estimate of drug-likeness (QED) is 0.515. The normalized spacial score (nSPS) is 34.3. The van der Waals surface area contributed by atoms with E-state index in [1.165, 1.54) is 23.8 Å². The first-order valence-electron chi connectivity index (χ1n) is 6.85. The number of carbonyl (C=O) groups excluding carboxylic acids is 2. The second kappa shape index (κ2) is 5.56. The number of nitrogens with zero attached hydrogens (tertiary/aromatic N) is 1. The summed E-state index contributed by atoms with van der Waals surface area (Å²) in [5, 5.41) is 9.13. The molecule has 2 fully saturated rings. The van der Waals surface area contributed by atoms with Gasteiger partial charge in [0.05, 0.1) is 13.2 Å². The molecule has 4 atom stereocenters. The summed E-state index contributed by atoms with van der Waals surface area (Å²) in [4.78, 5) is 36.2. The van der Waals surface area contributed by atoms with E-state index >= 15 is 0 Å². The summed E-state index contributed by atoms with van der Waals surface area (Å²) in [5.41, 5.74) is 6.18. The fourth-order valence-electron chi connectivity index (χ4n) is 2.98. The number of fused-ring (bicyclic) bond motifs is 1. The summed E-state index contributed by atoms with van der Waals surface area (Å²) >= 11 is 1.42. The number of carboxylic acid groups (broad SMARTS) is 1. The Morgan fingerprint density at radius 2 is 2.18 bits per heavy atom. The number of aliphatic carboxylic acids is 1. The molecule has 3 N–H and O–H groups in total. The summed E-state index contributed by atoms with van der Waals surface area (Å²) in [5.74, 6) is -1.62. The van der Waals surface area contributed by atoms with Crippen molar-refractivity contribution in [3.8, 4) is 0 Å². The van der Waals surface area contributed by atoms with Gasteiger partial charge in [-0.15, -0.1) is 11.8 Å². The van der Waals surface area contributed by atoms with Gasteiger partial charge in [-0.3, -0.25) is 9.69 Å². The fourth-order valence-corrected chi connectivity index (χ4v) is 4.34. The Hall–Kier alpha value is -1.58. The molecule has 0 aromatic rings. The second-order valence-corrected chi connectivity index (χ2v) is 6.43. The van der Waals surface area contributed by atoms with E-state index in [-0.39, 0.29) is 11.1 Å². The van der Waals surface area contributed by atoms with Crippen LogP contribution in [-0.4, -0.2) is 64.3 Å². The maximum atomic E-state index is 11.9. The summed E-state index contributed by atoms with van der Waals surface area (Å²) in [7, 11) is 1.28. The average molecular weight is 328 g/mol. The summed E-state index contributed by atoms with van der Waals surface area (Å²) in [6, 6.07) is -0.659. The number of rotatable bonds is 3. The predicted molar refractivity (Wildman–Crippen MR) is 75.6 cm³/mol. The number of carboxylic acids is 1. The van der Waals surface area contributed by atoms with Crippen molar-refractivity contribution in [3.63, 3.8) is 0 Å². The SMILES string of the molecule is COC(=O)[C@H]1CC[C@@H](C2=C(C(=O)O)N3C(=O)[C@@H](N)[C@H]3SC2)O1. The molecule has 1 amide bonds. The zero-order valence-corrected chi connectivity index (χ0v) is 12.7. The molecule has 3 aliphatic heterocycles. The molecule has 3 rings (SSSR count). The number of carbonyl (C=O) groups is 3. The lowest BCUT2D eigenvalue weighted by atomic mass is 9.99. The number of ether oxygens (including phenoxy) is 2. The molecule has 120 valence electrons. The van der Waals surface area contributed by atoms with E-state index in [4.69, 9.17) is 10.5 Å². The zero-order chi connectivity index (χ0) is 16.0. The minimum absolute atomic E-state index is 0.0500. The molecule has 0 spiro atoms. The molecule has 0 unspecified atom stereocenters. The summed E-state index contributed by atoms with van der Waals surface area (Å²) in [6.07, 6.45) is -0.191. The smallest absolute Gasteiger partial charge is 0.352 e. The van der Waals surface area contributed by atoms with Gasteiger partial charge in [-0.2, -0.15) is 0 Å². The van der Waals surface area contributed by atoms with E-state index in [2.05, 4.69) is 4.74 Å². The Balaban J connectivity index is 1.87.